The third kappa shape index (κ3) is 4.64. The Morgan fingerprint density at radius 2 is 1.83 bits per heavy atom. The fourth-order valence-electron chi connectivity index (χ4n) is 2.59. The van der Waals surface area contributed by atoms with E-state index >= 15 is 0 Å². The number of para-hydroxylation sites is 2. The highest BCUT2D eigenvalue weighted by Crippen LogP contribution is 2.27. The lowest BCUT2D eigenvalue weighted by atomic mass is 10.1. The minimum absolute atomic E-state index is 0.301. The van der Waals surface area contributed by atoms with Crippen molar-refractivity contribution in [3.8, 4) is 5.75 Å². The Morgan fingerprint density at radius 1 is 1.09 bits per heavy atom. The SMILES string of the molecule is CSNCc1ccc(CNCC2COc3ccccc3N2)cc1. The number of hydrogen-bond acceptors (Lipinski definition) is 5. The summed E-state index contributed by atoms with van der Waals surface area (Å²) in [6.07, 6.45) is 2.04. The number of benzene rings is 2. The third-order valence-electron chi connectivity index (χ3n) is 3.85. The molecule has 122 valence electrons. The molecule has 0 bridgehead atoms. The van der Waals surface area contributed by atoms with Crippen molar-refractivity contribution in [3.05, 3.63) is 59.7 Å². The highest BCUT2D eigenvalue weighted by molar-refractivity contribution is 7.96. The van der Waals surface area contributed by atoms with Crippen LogP contribution >= 0.6 is 11.9 Å². The summed E-state index contributed by atoms with van der Waals surface area (Å²) in [4.78, 5) is 0. The van der Waals surface area contributed by atoms with E-state index in [1.165, 1.54) is 11.1 Å². The first-order valence-corrected chi connectivity index (χ1v) is 9.10. The topological polar surface area (TPSA) is 45.3 Å². The van der Waals surface area contributed by atoms with Crippen LogP contribution in [0.2, 0.25) is 0 Å². The maximum atomic E-state index is 5.78. The van der Waals surface area contributed by atoms with Gasteiger partial charge in [-0.15, -0.1) is 0 Å². The van der Waals surface area contributed by atoms with Crippen LogP contribution in [-0.4, -0.2) is 25.4 Å². The Balaban J connectivity index is 1.43. The van der Waals surface area contributed by atoms with Gasteiger partial charge in [-0.1, -0.05) is 48.3 Å². The summed E-state index contributed by atoms with van der Waals surface area (Å²) >= 11 is 1.64. The van der Waals surface area contributed by atoms with Gasteiger partial charge in [0.1, 0.15) is 12.4 Å². The number of nitrogens with one attached hydrogen (secondary N) is 3. The van der Waals surface area contributed by atoms with Crippen molar-refractivity contribution < 1.29 is 4.74 Å². The molecular formula is C18H23N3OS. The van der Waals surface area contributed by atoms with Gasteiger partial charge in [0.25, 0.3) is 0 Å². The van der Waals surface area contributed by atoms with Gasteiger partial charge in [0.2, 0.25) is 0 Å². The maximum absolute atomic E-state index is 5.78. The second kappa shape index (κ2) is 8.24. The molecule has 0 radical (unpaired) electrons. The predicted octanol–water partition coefficient (Wildman–Crippen LogP) is 3.02. The lowest BCUT2D eigenvalue weighted by molar-refractivity contribution is 0.280. The van der Waals surface area contributed by atoms with Gasteiger partial charge in [0.05, 0.1) is 11.7 Å². The summed E-state index contributed by atoms with van der Waals surface area (Å²) in [5.41, 5.74) is 3.69. The second-order valence-corrected chi connectivity index (χ2v) is 6.32. The van der Waals surface area contributed by atoms with Crippen molar-refractivity contribution in [2.75, 3.05) is 24.7 Å². The van der Waals surface area contributed by atoms with Crippen LogP contribution in [0.5, 0.6) is 5.75 Å². The molecule has 0 fully saturated rings. The van der Waals surface area contributed by atoms with Crippen molar-refractivity contribution in [2.24, 2.45) is 0 Å². The number of anilines is 1. The largest absolute Gasteiger partial charge is 0.489 e. The Labute approximate surface area is 142 Å². The summed E-state index contributed by atoms with van der Waals surface area (Å²) in [5.74, 6) is 0.943. The molecule has 0 aliphatic carbocycles. The Hall–Kier alpha value is -1.69. The molecule has 0 amide bonds. The van der Waals surface area contributed by atoms with Crippen LogP contribution in [0.3, 0.4) is 0 Å². The van der Waals surface area contributed by atoms with E-state index in [2.05, 4.69) is 45.7 Å². The van der Waals surface area contributed by atoms with Gasteiger partial charge in [0.15, 0.2) is 0 Å². The van der Waals surface area contributed by atoms with E-state index in [-0.39, 0.29) is 0 Å². The number of ether oxygens (including phenoxy) is 1. The summed E-state index contributed by atoms with van der Waals surface area (Å²) in [6.45, 7) is 3.35. The van der Waals surface area contributed by atoms with E-state index in [1.807, 2.05) is 24.5 Å². The number of rotatable bonds is 7. The monoisotopic (exact) mass is 329 g/mol. The van der Waals surface area contributed by atoms with Crippen LogP contribution in [0.4, 0.5) is 5.69 Å². The Bertz CT molecular complexity index is 618. The molecule has 1 aliphatic rings. The van der Waals surface area contributed by atoms with Crippen LogP contribution < -0.4 is 20.1 Å². The van der Waals surface area contributed by atoms with Gasteiger partial charge < -0.3 is 15.4 Å². The van der Waals surface area contributed by atoms with E-state index < -0.39 is 0 Å². The van der Waals surface area contributed by atoms with E-state index in [0.717, 1.165) is 31.1 Å². The van der Waals surface area contributed by atoms with Crippen LogP contribution in [0.1, 0.15) is 11.1 Å². The first-order chi connectivity index (χ1) is 11.3. The molecule has 0 aromatic heterocycles. The van der Waals surface area contributed by atoms with Crippen LogP contribution in [0.15, 0.2) is 48.5 Å². The van der Waals surface area contributed by atoms with Crippen molar-refractivity contribution >= 4 is 17.6 Å². The molecule has 0 saturated carbocycles. The quantitative estimate of drug-likeness (QED) is 0.682. The first kappa shape index (κ1) is 16.2. The lowest BCUT2D eigenvalue weighted by Crippen LogP contribution is -2.39. The van der Waals surface area contributed by atoms with E-state index in [1.54, 1.807) is 11.9 Å². The molecule has 3 N–H and O–H groups in total. The minimum Gasteiger partial charge on any atom is -0.489 e. The zero-order valence-electron chi connectivity index (χ0n) is 13.3. The average Bonchev–Trinajstić information content (AvgIpc) is 2.61. The molecule has 0 saturated heterocycles. The zero-order chi connectivity index (χ0) is 15.9. The minimum atomic E-state index is 0.301. The first-order valence-electron chi connectivity index (χ1n) is 7.88. The molecule has 4 nitrogen and oxygen atoms in total. The third-order valence-corrected chi connectivity index (χ3v) is 4.28. The molecule has 1 aliphatic heterocycles. The standard InChI is InChI=1S/C18H23N3OS/c1-23-20-11-15-8-6-14(7-9-15)10-19-12-16-13-22-18-5-3-2-4-17(18)21-16/h2-9,16,19-21H,10-13H2,1H3. The van der Waals surface area contributed by atoms with Crippen molar-refractivity contribution in [3.63, 3.8) is 0 Å². The predicted molar refractivity (Wildman–Crippen MR) is 97.9 cm³/mol. The fraction of sp³-hybridized carbons (Fsp3) is 0.333. The zero-order valence-corrected chi connectivity index (χ0v) is 14.2. The lowest BCUT2D eigenvalue weighted by Gasteiger charge is -2.27. The smallest absolute Gasteiger partial charge is 0.142 e. The van der Waals surface area contributed by atoms with Crippen molar-refractivity contribution in [2.45, 2.75) is 19.1 Å². The molecule has 23 heavy (non-hydrogen) atoms. The van der Waals surface area contributed by atoms with Crippen molar-refractivity contribution in [1.29, 1.82) is 0 Å². The molecule has 0 spiro atoms. The molecule has 1 heterocycles. The highest BCUT2D eigenvalue weighted by Gasteiger charge is 2.17. The highest BCUT2D eigenvalue weighted by atomic mass is 32.2. The molecule has 3 rings (SSSR count). The Kier molecular flexibility index (Phi) is 5.80. The van der Waals surface area contributed by atoms with Gasteiger partial charge >= 0.3 is 0 Å². The molecule has 2 aromatic rings. The molecule has 5 heteroatoms. The summed E-state index contributed by atoms with van der Waals surface area (Å²) in [7, 11) is 0. The molecular weight excluding hydrogens is 306 g/mol. The van der Waals surface area contributed by atoms with E-state index in [4.69, 9.17) is 4.74 Å². The summed E-state index contributed by atoms with van der Waals surface area (Å²) < 4.78 is 9.04. The van der Waals surface area contributed by atoms with E-state index in [9.17, 15) is 0 Å². The average molecular weight is 329 g/mol. The second-order valence-electron chi connectivity index (χ2n) is 5.62. The summed E-state index contributed by atoms with van der Waals surface area (Å²) in [6, 6.07) is 17.1. The molecule has 1 atom stereocenters. The fourth-order valence-corrected chi connectivity index (χ4v) is 2.91. The van der Waals surface area contributed by atoms with Crippen LogP contribution in [-0.2, 0) is 13.1 Å². The number of fused-ring (bicyclic) bond motifs is 1. The van der Waals surface area contributed by atoms with Crippen molar-refractivity contribution in [1.82, 2.24) is 10.0 Å². The van der Waals surface area contributed by atoms with E-state index in [0.29, 0.717) is 12.6 Å². The van der Waals surface area contributed by atoms with Gasteiger partial charge in [0, 0.05) is 19.6 Å². The van der Waals surface area contributed by atoms with Gasteiger partial charge in [-0.05, 0) is 29.5 Å². The maximum Gasteiger partial charge on any atom is 0.142 e. The molecule has 2 aromatic carbocycles. The summed E-state index contributed by atoms with van der Waals surface area (Å²) in [5, 5.41) is 7.02. The van der Waals surface area contributed by atoms with Gasteiger partial charge in [-0.25, -0.2) is 0 Å². The van der Waals surface area contributed by atoms with Crippen LogP contribution in [0.25, 0.3) is 0 Å². The number of hydrogen-bond donors (Lipinski definition) is 3. The van der Waals surface area contributed by atoms with Gasteiger partial charge in [-0.3, -0.25) is 4.72 Å². The normalized spacial score (nSPS) is 16.3. The van der Waals surface area contributed by atoms with Crippen LogP contribution in [0, 0.1) is 0 Å². The molecule has 1 unspecified atom stereocenters. The Morgan fingerprint density at radius 3 is 2.61 bits per heavy atom. The van der Waals surface area contributed by atoms with Gasteiger partial charge in [-0.2, -0.15) is 0 Å².